The summed E-state index contributed by atoms with van der Waals surface area (Å²) < 4.78 is 0. The first kappa shape index (κ1) is 22.6. The Morgan fingerprint density at radius 2 is 1.85 bits per heavy atom. The van der Waals surface area contributed by atoms with E-state index in [2.05, 4.69) is 62.1 Å². The van der Waals surface area contributed by atoms with Crippen molar-refractivity contribution in [1.29, 1.82) is 0 Å². The monoisotopic (exact) mass is 453 g/mol. The van der Waals surface area contributed by atoms with Gasteiger partial charge in [-0.2, -0.15) is 0 Å². The highest BCUT2D eigenvalue weighted by Crippen LogP contribution is 2.34. The number of carbonyl (C=O) groups excluding carboxylic acids is 1. The van der Waals surface area contributed by atoms with Crippen LogP contribution in [0.2, 0.25) is 0 Å². The average Bonchev–Trinajstić information content (AvgIpc) is 3.01. The Balaban J connectivity index is 1.34. The van der Waals surface area contributed by atoms with Gasteiger partial charge in [0.1, 0.15) is 0 Å². The summed E-state index contributed by atoms with van der Waals surface area (Å²) in [7, 11) is 0. The van der Waals surface area contributed by atoms with Crippen LogP contribution < -0.4 is 4.90 Å². The first-order valence-electron chi connectivity index (χ1n) is 12.7. The molecule has 0 bridgehead atoms. The van der Waals surface area contributed by atoms with Crippen LogP contribution in [-0.2, 0) is 6.42 Å². The number of fused-ring (bicyclic) bond motifs is 1. The third-order valence-electron chi connectivity index (χ3n) is 7.34. The molecule has 4 nitrogen and oxygen atoms in total. The number of amides is 1. The first-order valence-corrected chi connectivity index (χ1v) is 12.7. The average molecular weight is 454 g/mol. The summed E-state index contributed by atoms with van der Waals surface area (Å²) in [5.74, 6) is 0.123. The van der Waals surface area contributed by atoms with Crippen LogP contribution in [0, 0.1) is 13.8 Å². The molecule has 1 fully saturated rings. The van der Waals surface area contributed by atoms with E-state index in [0.29, 0.717) is 0 Å². The molecule has 0 saturated carbocycles. The van der Waals surface area contributed by atoms with Gasteiger partial charge in [0.05, 0.1) is 5.69 Å². The Hall–Kier alpha value is -3.14. The fraction of sp³-hybridized carbons (Fsp3) is 0.400. The minimum Gasteiger partial charge on any atom is -0.368 e. The molecule has 2 aromatic rings. The van der Waals surface area contributed by atoms with Gasteiger partial charge in [-0.1, -0.05) is 43.7 Å². The fourth-order valence-electron chi connectivity index (χ4n) is 5.41. The van der Waals surface area contributed by atoms with Gasteiger partial charge in [-0.3, -0.25) is 9.79 Å². The van der Waals surface area contributed by atoms with Crippen molar-refractivity contribution < 1.29 is 4.79 Å². The number of benzene rings is 2. The van der Waals surface area contributed by atoms with Crippen molar-refractivity contribution in [2.75, 3.05) is 31.1 Å². The van der Waals surface area contributed by atoms with E-state index in [1.54, 1.807) is 0 Å². The molecule has 5 rings (SSSR count). The van der Waals surface area contributed by atoms with Crippen molar-refractivity contribution in [2.24, 2.45) is 4.99 Å². The number of hydrogen-bond donors (Lipinski definition) is 0. The Morgan fingerprint density at radius 1 is 1.03 bits per heavy atom. The van der Waals surface area contributed by atoms with Gasteiger partial charge in [0.2, 0.25) is 0 Å². The number of aryl methyl sites for hydroxylation is 2. The molecule has 0 unspecified atom stereocenters. The van der Waals surface area contributed by atoms with Crippen LogP contribution in [0.1, 0.15) is 59.7 Å². The molecule has 1 saturated heterocycles. The molecule has 1 aliphatic carbocycles. The summed E-state index contributed by atoms with van der Waals surface area (Å²) in [6.45, 7) is 9.73. The zero-order valence-electron chi connectivity index (χ0n) is 20.7. The van der Waals surface area contributed by atoms with Crippen LogP contribution in [-0.4, -0.2) is 42.7 Å². The number of rotatable bonds is 4. The molecule has 0 spiro atoms. The second-order valence-electron chi connectivity index (χ2n) is 9.84. The summed E-state index contributed by atoms with van der Waals surface area (Å²) in [6.07, 6.45) is 9.71. The predicted octanol–water partition coefficient (Wildman–Crippen LogP) is 6.34. The van der Waals surface area contributed by atoms with E-state index in [0.717, 1.165) is 69.5 Å². The van der Waals surface area contributed by atoms with Crippen molar-refractivity contribution >= 4 is 23.0 Å². The maximum atomic E-state index is 13.4. The van der Waals surface area contributed by atoms with Crippen molar-refractivity contribution in [3.8, 4) is 0 Å². The van der Waals surface area contributed by atoms with Gasteiger partial charge in [-0.05, 0) is 85.6 Å². The Bertz CT molecular complexity index is 1200. The van der Waals surface area contributed by atoms with E-state index >= 15 is 0 Å². The van der Waals surface area contributed by atoms with Gasteiger partial charge < -0.3 is 9.80 Å². The summed E-state index contributed by atoms with van der Waals surface area (Å²) in [5.41, 5.74) is 10.9. The van der Waals surface area contributed by atoms with Crippen LogP contribution in [0.15, 0.2) is 64.7 Å². The molecule has 2 aromatic carbocycles. The topological polar surface area (TPSA) is 35.9 Å². The van der Waals surface area contributed by atoms with Gasteiger partial charge >= 0.3 is 0 Å². The van der Waals surface area contributed by atoms with Gasteiger partial charge in [0.25, 0.3) is 5.91 Å². The Kier molecular flexibility index (Phi) is 6.40. The SMILES string of the molecule is CCCC1=Nc2cc(C(=O)N3CCN(c4cc(C)ccc4C)CC3)ccc2CC2=C1CCC=C2. The molecular formula is C30H35N3O. The van der Waals surface area contributed by atoms with Crippen LogP contribution in [0.4, 0.5) is 11.4 Å². The van der Waals surface area contributed by atoms with E-state index in [4.69, 9.17) is 4.99 Å². The number of carbonyl (C=O) groups is 1. The lowest BCUT2D eigenvalue weighted by molar-refractivity contribution is 0.0747. The molecule has 176 valence electrons. The fourth-order valence-corrected chi connectivity index (χ4v) is 5.41. The number of hydrogen-bond acceptors (Lipinski definition) is 3. The number of allylic oxidation sites excluding steroid dienone is 4. The number of piperazine rings is 1. The van der Waals surface area contributed by atoms with Crippen molar-refractivity contribution in [1.82, 2.24) is 4.90 Å². The molecule has 2 aliphatic heterocycles. The van der Waals surface area contributed by atoms with Gasteiger partial charge in [0.15, 0.2) is 0 Å². The molecule has 3 aliphatic rings. The highest BCUT2D eigenvalue weighted by atomic mass is 16.2. The highest BCUT2D eigenvalue weighted by molar-refractivity contribution is 6.04. The standard InChI is InChI=1S/C30H35N3O/c1-4-7-27-26-9-6-5-8-23(26)19-24-12-13-25(20-28(24)31-27)30(34)33-16-14-32(15-17-33)29-18-21(2)10-11-22(29)3/h5,8,10-13,18,20H,4,6-7,9,14-17,19H2,1-3H3. The maximum Gasteiger partial charge on any atom is 0.254 e. The molecule has 34 heavy (non-hydrogen) atoms. The number of aliphatic imine (C=N–C) groups is 1. The summed E-state index contributed by atoms with van der Waals surface area (Å²) in [6, 6.07) is 12.8. The smallest absolute Gasteiger partial charge is 0.254 e. The van der Waals surface area contributed by atoms with Crippen LogP contribution >= 0.6 is 0 Å². The summed E-state index contributed by atoms with van der Waals surface area (Å²) in [5, 5.41) is 0. The van der Waals surface area contributed by atoms with E-state index in [-0.39, 0.29) is 5.91 Å². The van der Waals surface area contributed by atoms with Crippen LogP contribution in [0.5, 0.6) is 0 Å². The molecule has 0 N–H and O–H groups in total. The minimum atomic E-state index is 0.123. The molecular weight excluding hydrogens is 418 g/mol. The molecule has 0 aromatic heterocycles. The van der Waals surface area contributed by atoms with E-state index in [9.17, 15) is 4.79 Å². The summed E-state index contributed by atoms with van der Waals surface area (Å²) >= 11 is 0. The van der Waals surface area contributed by atoms with Crippen LogP contribution in [0.25, 0.3) is 0 Å². The summed E-state index contributed by atoms with van der Waals surface area (Å²) in [4.78, 5) is 23.0. The lowest BCUT2D eigenvalue weighted by atomic mass is 9.89. The lowest BCUT2D eigenvalue weighted by Gasteiger charge is -2.37. The Morgan fingerprint density at radius 3 is 2.65 bits per heavy atom. The van der Waals surface area contributed by atoms with Crippen molar-refractivity contribution in [3.63, 3.8) is 0 Å². The zero-order valence-corrected chi connectivity index (χ0v) is 20.7. The third-order valence-corrected chi connectivity index (χ3v) is 7.34. The molecule has 0 atom stereocenters. The minimum absolute atomic E-state index is 0.123. The predicted molar refractivity (Wildman–Crippen MR) is 142 cm³/mol. The quantitative estimate of drug-likeness (QED) is 0.541. The zero-order chi connectivity index (χ0) is 23.7. The van der Waals surface area contributed by atoms with Gasteiger partial charge in [-0.15, -0.1) is 0 Å². The second kappa shape index (κ2) is 9.61. The lowest BCUT2D eigenvalue weighted by Crippen LogP contribution is -2.49. The van der Waals surface area contributed by atoms with Crippen molar-refractivity contribution in [3.05, 3.63) is 82.0 Å². The maximum absolute atomic E-state index is 13.4. The largest absolute Gasteiger partial charge is 0.368 e. The van der Waals surface area contributed by atoms with E-state index in [1.165, 1.54) is 39.2 Å². The van der Waals surface area contributed by atoms with Gasteiger partial charge in [0, 0.05) is 43.1 Å². The van der Waals surface area contributed by atoms with Gasteiger partial charge in [-0.25, -0.2) is 0 Å². The van der Waals surface area contributed by atoms with Crippen LogP contribution in [0.3, 0.4) is 0 Å². The highest BCUT2D eigenvalue weighted by Gasteiger charge is 2.25. The van der Waals surface area contributed by atoms with Crippen molar-refractivity contribution in [2.45, 2.75) is 52.9 Å². The molecule has 4 heteroatoms. The number of nitrogens with zero attached hydrogens (tertiary/aromatic N) is 3. The second-order valence-corrected chi connectivity index (χ2v) is 9.84. The molecule has 0 radical (unpaired) electrons. The first-order chi connectivity index (χ1) is 16.5. The normalized spacial score (nSPS) is 17.8. The number of anilines is 1. The Labute approximate surface area is 203 Å². The molecule has 2 heterocycles. The third kappa shape index (κ3) is 4.46. The van der Waals surface area contributed by atoms with E-state index in [1.807, 2.05) is 17.0 Å². The molecule has 1 amide bonds. The van der Waals surface area contributed by atoms with E-state index < -0.39 is 0 Å².